The summed E-state index contributed by atoms with van der Waals surface area (Å²) >= 11 is 0. The number of nitrogens with zero attached hydrogens (tertiary/aromatic N) is 1. The van der Waals surface area contributed by atoms with Gasteiger partial charge in [0.05, 0.1) is 0 Å². The van der Waals surface area contributed by atoms with Crippen LogP contribution in [0.4, 0.5) is 5.69 Å². The monoisotopic (exact) mass is 286 g/mol. The molecular formula is C19H30N2. The molecule has 0 aliphatic heterocycles. The number of benzene rings is 1. The van der Waals surface area contributed by atoms with Crippen LogP contribution in [0.25, 0.3) is 0 Å². The zero-order valence-corrected chi connectivity index (χ0v) is 14.2. The van der Waals surface area contributed by atoms with E-state index < -0.39 is 0 Å². The fourth-order valence-corrected chi connectivity index (χ4v) is 4.96. The van der Waals surface area contributed by atoms with Crippen LogP contribution in [0, 0.1) is 16.7 Å². The number of rotatable bonds is 4. The van der Waals surface area contributed by atoms with Gasteiger partial charge < -0.3 is 10.2 Å². The van der Waals surface area contributed by atoms with Crippen LogP contribution in [0.15, 0.2) is 24.3 Å². The van der Waals surface area contributed by atoms with E-state index in [1.807, 2.05) is 0 Å². The van der Waals surface area contributed by atoms with Crippen LogP contribution < -0.4 is 5.32 Å². The van der Waals surface area contributed by atoms with Crippen LogP contribution in [-0.4, -0.2) is 25.0 Å². The largest absolute Gasteiger partial charge is 0.381 e. The molecule has 0 heterocycles. The van der Waals surface area contributed by atoms with E-state index in [1.54, 1.807) is 0 Å². The molecule has 1 aromatic carbocycles. The molecule has 1 aromatic rings. The Morgan fingerprint density at radius 2 is 1.90 bits per heavy atom. The quantitative estimate of drug-likeness (QED) is 0.884. The van der Waals surface area contributed by atoms with E-state index in [4.69, 9.17) is 0 Å². The average molecular weight is 286 g/mol. The van der Waals surface area contributed by atoms with Gasteiger partial charge >= 0.3 is 0 Å². The lowest BCUT2D eigenvalue weighted by atomic mass is 9.68. The first-order chi connectivity index (χ1) is 9.83. The van der Waals surface area contributed by atoms with Crippen molar-refractivity contribution < 1.29 is 0 Å². The highest BCUT2D eigenvalue weighted by molar-refractivity contribution is 5.53. The lowest BCUT2D eigenvalue weighted by Crippen LogP contribution is -2.46. The number of para-hydroxylation sites is 1. The average Bonchev–Trinajstić information content (AvgIpc) is 2.87. The number of hydrogen-bond donors (Lipinski definition) is 1. The van der Waals surface area contributed by atoms with Crippen molar-refractivity contribution in [3.63, 3.8) is 0 Å². The molecule has 1 N–H and O–H groups in total. The van der Waals surface area contributed by atoms with Crippen molar-refractivity contribution >= 4 is 5.69 Å². The van der Waals surface area contributed by atoms with E-state index >= 15 is 0 Å². The number of fused-ring (bicyclic) bond motifs is 2. The summed E-state index contributed by atoms with van der Waals surface area (Å²) in [5, 5.41) is 3.95. The maximum atomic E-state index is 3.95. The smallest absolute Gasteiger partial charge is 0.0388 e. The second kappa shape index (κ2) is 5.01. The molecule has 2 aliphatic rings. The summed E-state index contributed by atoms with van der Waals surface area (Å²) in [4.78, 5) is 2.24. The van der Waals surface area contributed by atoms with Crippen molar-refractivity contribution in [2.24, 2.45) is 16.7 Å². The fraction of sp³-hybridized carbons (Fsp3) is 0.684. The highest BCUT2D eigenvalue weighted by atomic mass is 15.1. The number of anilines is 1. The Hall–Kier alpha value is -1.02. The van der Waals surface area contributed by atoms with Crippen molar-refractivity contribution in [1.82, 2.24) is 4.90 Å². The van der Waals surface area contributed by atoms with Crippen LogP contribution in [0.3, 0.4) is 0 Å². The van der Waals surface area contributed by atoms with E-state index in [2.05, 4.69) is 69.3 Å². The van der Waals surface area contributed by atoms with Gasteiger partial charge in [0.15, 0.2) is 0 Å². The molecule has 3 unspecified atom stereocenters. The van der Waals surface area contributed by atoms with Gasteiger partial charge in [-0.3, -0.25) is 0 Å². The molecule has 2 heteroatoms. The molecule has 2 bridgehead atoms. The van der Waals surface area contributed by atoms with Crippen LogP contribution in [0.2, 0.25) is 0 Å². The predicted octanol–water partition coefficient (Wildman–Crippen LogP) is 4.37. The van der Waals surface area contributed by atoms with Gasteiger partial charge in [-0.2, -0.15) is 0 Å². The maximum Gasteiger partial charge on any atom is 0.0388 e. The summed E-state index contributed by atoms with van der Waals surface area (Å²) in [6.45, 7) is 8.42. The molecule has 2 saturated carbocycles. The van der Waals surface area contributed by atoms with Gasteiger partial charge in [-0.1, -0.05) is 39.0 Å². The maximum absolute atomic E-state index is 3.95. The molecule has 0 radical (unpaired) electrons. The van der Waals surface area contributed by atoms with Crippen molar-refractivity contribution in [2.75, 3.05) is 19.4 Å². The van der Waals surface area contributed by atoms with Crippen LogP contribution in [0.1, 0.15) is 45.6 Å². The third-order valence-electron chi connectivity index (χ3n) is 6.07. The van der Waals surface area contributed by atoms with Crippen molar-refractivity contribution in [2.45, 2.75) is 52.6 Å². The fourth-order valence-electron chi connectivity index (χ4n) is 4.96. The molecule has 116 valence electrons. The molecule has 21 heavy (non-hydrogen) atoms. The Kier molecular flexibility index (Phi) is 3.56. The zero-order chi connectivity index (χ0) is 15.3. The molecular weight excluding hydrogens is 256 g/mol. The second-order valence-electron chi connectivity index (χ2n) is 8.39. The van der Waals surface area contributed by atoms with Gasteiger partial charge in [0.2, 0.25) is 0 Å². The first-order valence-corrected chi connectivity index (χ1v) is 8.32. The predicted molar refractivity (Wildman–Crippen MR) is 90.5 cm³/mol. The van der Waals surface area contributed by atoms with Gasteiger partial charge in [0, 0.05) is 18.3 Å². The summed E-state index contributed by atoms with van der Waals surface area (Å²) in [5.41, 5.74) is 3.61. The summed E-state index contributed by atoms with van der Waals surface area (Å²) in [6, 6.07) is 9.41. The Bertz CT molecular complexity index is 515. The van der Waals surface area contributed by atoms with Crippen molar-refractivity contribution in [1.29, 1.82) is 0 Å². The van der Waals surface area contributed by atoms with E-state index in [0.29, 0.717) is 16.9 Å². The normalized spacial score (nSPS) is 33.6. The molecule has 0 spiro atoms. The molecule has 2 fully saturated rings. The topological polar surface area (TPSA) is 15.3 Å². The van der Waals surface area contributed by atoms with E-state index in [9.17, 15) is 0 Å². The Balaban J connectivity index is 1.87. The van der Waals surface area contributed by atoms with Crippen LogP contribution in [0.5, 0.6) is 0 Å². The van der Waals surface area contributed by atoms with E-state index in [-0.39, 0.29) is 0 Å². The van der Waals surface area contributed by atoms with Crippen LogP contribution in [-0.2, 0) is 6.54 Å². The number of nitrogens with one attached hydrogen (secondary N) is 1. The lowest BCUT2D eigenvalue weighted by Gasteiger charge is -2.44. The van der Waals surface area contributed by atoms with Gasteiger partial charge in [-0.05, 0) is 61.7 Å². The van der Waals surface area contributed by atoms with E-state index in [0.717, 1.165) is 12.5 Å². The summed E-state index contributed by atoms with van der Waals surface area (Å²) in [6.07, 6.45) is 4.20. The Morgan fingerprint density at radius 1 is 1.19 bits per heavy atom. The summed E-state index contributed by atoms with van der Waals surface area (Å²) in [5.74, 6) is 0.890. The molecule has 0 aromatic heterocycles. The minimum absolute atomic E-state index is 0.401. The number of hydrogen-bond acceptors (Lipinski definition) is 2. The van der Waals surface area contributed by atoms with E-state index in [1.165, 1.54) is 30.5 Å². The zero-order valence-electron chi connectivity index (χ0n) is 14.2. The second-order valence-corrected chi connectivity index (χ2v) is 8.39. The third kappa shape index (κ3) is 2.48. The molecule has 2 aliphatic carbocycles. The summed E-state index contributed by atoms with van der Waals surface area (Å²) in [7, 11) is 4.28. The highest BCUT2D eigenvalue weighted by Crippen LogP contribution is 2.63. The molecule has 2 nitrogen and oxygen atoms in total. The molecule has 3 rings (SSSR count). The van der Waals surface area contributed by atoms with Crippen LogP contribution >= 0.6 is 0 Å². The van der Waals surface area contributed by atoms with Gasteiger partial charge in [0.1, 0.15) is 0 Å². The molecule has 0 saturated heterocycles. The van der Waals surface area contributed by atoms with Gasteiger partial charge in [0.25, 0.3) is 0 Å². The first-order valence-electron chi connectivity index (χ1n) is 8.32. The standard InChI is InChI=1S/C19H30N2/c1-18(2)15-10-11-19(3,12-15)17(18)20-16-9-7-6-8-14(16)13-21(4)5/h6-9,15,17,20H,10-13H2,1-5H3. The Labute approximate surface area is 129 Å². The first kappa shape index (κ1) is 14.9. The van der Waals surface area contributed by atoms with Gasteiger partial charge in [-0.25, -0.2) is 0 Å². The lowest BCUT2D eigenvalue weighted by molar-refractivity contribution is 0.155. The summed E-state index contributed by atoms with van der Waals surface area (Å²) < 4.78 is 0. The van der Waals surface area contributed by atoms with Crippen molar-refractivity contribution in [3.8, 4) is 0 Å². The third-order valence-corrected chi connectivity index (χ3v) is 6.07. The minimum atomic E-state index is 0.401. The minimum Gasteiger partial charge on any atom is -0.381 e. The molecule has 0 amide bonds. The SMILES string of the molecule is CN(C)Cc1ccccc1NC1C2(C)CCC(C2)C1(C)C. The van der Waals surface area contributed by atoms with Crippen molar-refractivity contribution in [3.05, 3.63) is 29.8 Å². The van der Waals surface area contributed by atoms with Gasteiger partial charge in [-0.15, -0.1) is 0 Å². The highest BCUT2D eigenvalue weighted by Gasteiger charge is 2.59. The Morgan fingerprint density at radius 3 is 2.52 bits per heavy atom. The molecule has 3 atom stereocenters.